The molecule has 0 bridgehead atoms. The van der Waals surface area contributed by atoms with Crippen molar-refractivity contribution in [2.24, 2.45) is 0 Å². The second kappa shape index (κ2) is 7.51. The van der Waals surface area contributed by atoms with Crippen LogP contribution in [0, 0.1) is 10.1 Å². The highest BCUT2D eigenvalue weighted by molar-refractivity contribution is 5.93. The number of carbonyl (C=O) groups is 2. The number of nitro benzene ring substituents is 1. The number of hydrogen-bond acceptors (Lipinski definition) is 5. The minimum Gasteiger partial charge on any atom is -0.378 e. The summed E-state index contributed by atoms with van der Waals surface area (Å²) in [6.07, 6.45) is 0.214. The first-order valence-electron chi connectivity index (χ1n) is 6.96. The van der Waals surface area contributed by atoms with Gasteiger partial charge in [0.05, 0.1) is 18.1 Å². The molecule has 22 heavy (non-hydrogen) atoms. The van der Waals surface area contributed by atoms with Gasteiger partial charge in [-0.05, 0) is 12.1 Å². The third-order valence-corrected chi connectivity index (χ3v) is 3.29. The quantitative estimate of drug-likeness (QED) is 0.650. The standard InChI is InChI=1S/C14H17N3O5/c18-13(5-6-14(19)16-7-9-22-10-8-16)15-11-1-3-12(4-2-11)17(20)21/h1-4H,5-10H2,(H,15,18). The van der Waals surface area contributed by atoms with Crippen LogP contribution in [0.3, 0.4) is 0 Å². The van der Waals surface area contributed by atoms with Gasteiger partial charge in [0.1, 0.15) is 0 Å². The van der Waals surface area contributed by atoms with Crippen LogP contribution in [0.25, 0.3) is 0 Å². The molecule has 1 aliphatic heterocycles. The molecule has 0 spiro atoms. The molecule has 2 rings (SSSR count). The number of morpholine rings is 1. The highest BCUT2D eigenvalue weighted by Crippen LogP contribution is 2.15. The molecule has 0 aliphatic carbocycles. The molecule has 1 aliphatic rings. The lowest BCUT2D eigenvalue weighted by molar-refractivity contribution is -0.384. The van der Waals surface area contributed by atoms with Crippen LogP contribution in [0.1, 0.15) is 12.8 Å². The van der Waals surface area contributed by atoms with Crippen LogP contribution >= 0.6 is 0 Å². The van der Waals surface area contributed by atoms with Crippen LogP contribution in [-0.2, 0) is 14.3 Å². The van der Waals surface area contributed by atoms with Crippen LogP contribution in [0.5, 0.6) is 0 Å². The van der Waals surface area contributed by atoms with Gasteiger partial charge >= 0.3 is 0 Å². The molecule has 8 nitrogen and oxygen atoms in total. The lowest BCUT2D eigenvalue weighted by Gasteiger charge is -2.26. The van der Waals surface area contributed by atoms with E-state index >= 15 is 0 Å². The van der Waals surface area contributed by atoms with E-state index in [0.717, 1.165) is 0 Å². The van der Waals surface area contributed by atoms with Crippen LogP contribution in [0.4, 0.5) is 11.4 Å². The maximum atomic E-state index is 11.9. The van der Waals surface area contributed by atoms with E-state index < -0.39 is 4.92 Å². The summed E-state index contributed by atoms with van der Waals surface area (Å²) in [5.74, 6) is -0.363. The Morgan fingerprint density at radius 2 is 1.82 bits per heavy atom. The number of ether oxygens (including phenoxy) is 1. The second-order valence-corrected chi connectivity index (χ2v) is 4.85. The molecule has 1 aromatic rings. The molecule has 1 heterocycles. The number of anilines is 1. The summed E-state index contributed by atoms with van der Waals surface area (Å²) in [5, 5.41) is 13.1. The van der Waals surface area contributed by atoms with Crippen LogP contribution in [0.2, 0.25) is 0 Å². The van der Waals surface area contributed by atoms with Gasteiger partial charge in [-0.25, -0.2) is 0 Å². The smallest absolute Gasteiger partial charge is 0.269 e. The average molecular weight is 307 g/mol. The molecule has 0 aromatic heterocycles. The Balaban J connectivity index is 1.77. The Hall–Kier alpha value is -2.48. The molecule has 1 aromatic carbocycles. The van der Waals surface area contributed by atoms with Crippen molar-refractivity contribution in [1.29, 1.82) is 0 Å². The summed E-state index contributed by atoms with van der Waals surface area (Å²) >= 11 is 0. The molecule has 8 heteroatoms. The van der Waals surface area contributed by atoms with E-state index in [-0.39, 0.29) is 30.3 Å². The lowest BCUT2D eigenvalue weighted by Crippen LogP contribution is -2.40. The van der Waals surface area contributed by atoms with E-state index in [9.17, 15) is 19.7 Å². The Labute approximate surface area is 127 Å². The van der Waals surface area contributed by atoms with E-state index in [4.69, 9.17) is 4.74 Å². The summed E-state index contributed by atoms with van der Waals surface area (Å²) in [4.78, 5) is 35.4. The van der Waals surface area contributed by atoms with E-state index in [0.29, 0.717) is 32.0 Å². The van der Waals surface area contributed by atoms with E-state index in [2.05, 4.69) is 5.32 Å². The van der Waals surface area contributed by atoms with E-state index in [1.54, 1.807) is 4.90 Å². The third-order valence-electron chi connectivity index (χ3n) is 3.29. The second-order valence-electron chi connectivity index (χ2n) is 4.85. The van der Waals surface area contributed by atoms with E-state index in [1.807, 2.05) is 0 Å². The Bertz CT molecular complexity index is 552. The first-order valence-corrected chi connectivity index (χ1v) is 6.96. The maximum absolute atomic E-state index is 11.9. The lowest BCUT2D eigenvalue weighted by atomic mass is 10.2. The summed E-state index contributed by atoms with van der Waals surface area (Å²) in [6, 6.07) is 5.54. The Kier molecular flexibility index (Phi) is 5.42. The molecule has 1 N–H and O–H groups in total. The number of benzene rings is 1. The molecule has 0 radical (unpaired) electrons. The van der Waals surface area contributed by atoms with Gasteiger partial charge in [0.25, 0.3) is 5.69 Å². The number of hydrogen-bond donors (Lipinski definition) is 1. The zero-order chi connectivity index (χ0) is 15.9. The van der Waals surface area contributed by atoms with Crippen LogP contribution in [0.15, 0.2) is 24.3 Å². The topological polar surface area (TPSA) is 102 Å². The van der Waals surface area contributed by atoms with Crippen molar-refractivity contribution < 1.29 is 19.2 Å². The van der Waals surface area contributed by atoms with Gasteiger partial charge < -0.3 is 15.0 Å². The largest absolute Gasteiger partial charge is 0.378 e. The fraction of sp³-hybridized carbons (Fsp3) is 0.429. The third kappa shape index (κ3) is 4.52. The van der Waals surface area contributed by atoms with Gasteiger partial charge in [0.2, 0.25) is 11.8 Å². The highest BCUT2D eigenvalue weighted by Gasteiger charge is 2.17. The van der Waals surface area contributed by atoms with Crippen molar-refractivity contribution >= 4 is 23.2 Å². The fourth-order valence-corrected chi connectivity index (χ4v) is 2.08. The summed E-state index contributed by atoms with van der Waals surface area (Å²) in [5.41, 5.74) is 0.426. The fourth-order valence-electron chi connectivity index (χ4n) is 2.08. The molecular formula is C14H17N3O5. The van der Waals surface area contributed by atoms with Crippen molar-refractivity contribution in [1.82, 2.24) is 4.90 Å². The van der Waals surface area contributed by atoms with Gasteiger partial charge in [0, 0.05) is 43.8 Å². The number of non-ortho nitro benzene ring substituents is 1. The molecule has 0 atom stereocenters. The Morgan fingerprint density at radius 1 is 1.18 bits per heavy atom. The number of nitrogens with zero attached hydrogens (tertiary/aromatic N) is 2. The normalized spacial score (nSPS) is 14.5. The van der Waals surface area contributed by atoms with Crippen molar-refractivity contribution in [3.05, 3.63) is 34.4 Å². The SMILES string of the molecule is O=C(CCC(=O)N1CCOCC1)Nc1ccc([N+](=O)[O-])cc1. The zero-order valence-electron chi connectivity index (χ0n) is 12.0. The van der Waals surface area contributed by atoms with Crippen molar-refractivity contribution in [2.75, 3.05) is 31.6 Å². The number of nitro groups is 1. The highest BCUT2D eigenvalue weighted by atomic mass is 16.6. The van der Waals surface area contributed by atoms with Crippen molar-refractivity contribution in [3.63, 3.8) is 0 Å². The maximum Gasteiger partial charge on any atom is 0.269 e. The number of nitrogens with one attached hydrogen (secondary N) is 1. The van der Waals surface area contributed by atoms with Gasteiger partial charge in [-0.1, -0.05) is 0 Å². The van der Waals surface area contributed by atoms with Crippen LogP contribution in [-0.4, -0.2) is 47.9 Å². The summed E-state index contributed by atoms with van der Waals surface area (Å²) in [7, 11) is 0. The Morgan fingerprint density at radius 3 is 2.41 bits per heavy atom. The first kappa shape index (κ1) is 15.9. The molecule has 1 saturated heterocycles. The van der Waals surface area contributed by atoms with Gasteiger partial charge in [-0.3, -0.25) is 19.7 Å². The summed E-state index contributed by atoms with van der Waals surface area (Å²) < 4.78 is 5.16. The van der Waals surface area contributed by atoms with Crippen molar-refractivity contribution in [3.8, 4) is 0 Å². The predicted molar refractivity (Wildman–Crippen MR) is 78.4 cm³/mol. The molecule has 2 amide bonds. The van der Waals surface area contributed by atoms with Gasteiger partial charge in [0.15, 0.2) is 0 Å². The number of amides is 2. The molecule has 0 saturated carbocycles. The zero-order valence-corrected chi connectivity index (χ0v) is 12.0. The van der Waals surface area contributed by atoms with Gasteiger partial charge in [-0.15, -0.1) is 0 Å². The monoisotopic (exact) mass is 307 g/mol. The number of carbonyl (C=O) groups excluding carboxylic acids is 2. The predicted octanol–water partition coefficient (Wildman–Crippen LogP) is 1.17. The molecule has 0 unspecified atom stereocenters. The minimum absolute atomic E-state index is 0.0412. The number of rotatable bonds is 5. The summed E-state index contributed by atoms with van der Waals surface area (Å²) in [6.45, 7) is 2.17. The van der Waals surface area contributed by atoms with Crippen LogP contribution < -0.4 is 5.32 Å². The van der Waals surface area contributed by atoms with Gasteiger partial charge in [-0.2, -0.15) is 0 Å². The molecular weight excluding hydrogens is 290 g/mol. The molecule has 118 valence electrons. The average Bonchev–Trinajstić information content (AvgIpc) is 2.54. The first-order chi connectivity index (χ1) is 10.6. The molecule has 1 fully saturated rings. The van der Waals surface area contributed by atoms with Crippen molar-refractivity contribution in [2.45, 2.75) is 12.8 Å². The van der Waals surface area contributed by atoms with E-state index in [1.165, 1.54) is 24.3 Å². The minimum atomic E-state index is -0.507.